The van der Waals surface area contributed by atoms with Crippen molar-refractivity contribution in [2.75, 3.05) is 31.2 Å². The van der Waals surface area contributed by atoms with E-state index in [1.165, 1.54) is 11.8 Å². The number of likely N-dealkylation sites (tertiary alicyclic amines) is 1. The fourth-order valence-electron chi connectivity index (χ4n) is 6.16. The molecule has 0 aromatic heterocycles. The van der Waals surface area contributed by atoms with Crippen LogP contribution in [0.25, 0.3) is 0 Å². The number of aliphatic hydroxyl groups excluding tert-OH is 1. The molecule has 1 N–H and O–H groups in total. The molecule has 2 amide bonds. The van der Waals surface area contributed by atoms with Gasteiger partial charge in [0, 0.05) is 24.4 Å². The predicted octanol–water partition coefficient (Wildman–Crippen LogP) is 3.60. The smallest absolute Gasteiger partial charge is 0.311 e. The van der Waals surface area contributed by atoms with Crippen LogP contribution in [0.5, 0.6) is 0 Å². The van der Waals surface area contributed by atoms with Gasteiger partial charge in [-0.2, -0.15) is 0 Å². The Kier molecular flexibility index (Phi) is 6.96. The number of aliphatic hydroxyl groups is 1. The number of carbonyl (C=O) groups is 3. The number of anilines is 1. The highest BCUT2D eigenvalue weighted by Crippen LogP contribution is 2.65. The van der Waals surface area contributed by atoms with Crippen LogP contribution in [-0.4, -0.2) is 69.6 Å². The molecule has 5 rings (SSSR count). The second kappa shape index (κ2) is 9.88. The Bertz CT molecular complexity index is 1130. The lowest BCUT2D eigenvalue weighted by atomic mass is 9.74. The van der Waals surface area contributed by atoms with Crippen molar-refractivity contribution in [1.29, 1.82) is 0 Å². The maximum absolute atomic E-state index is 14.3. The topological polar surface area (TPSA) is 87.1 Å². The molecule has 192 valence electrons. The van der Waals surface area contributed by atoms with Gasteiger partial charge in [0.1, 0.15) is 6.04 Å². The van der Waals surface area contributed by atoms with Crippen molar-refractivity contribution in [3.63, 3.8) is 0 Å². The van der Waals surface area contributed by atoms with Gasteiger partial charge in [0.2, 0.25) is 5.91 Å². The summed E-state index contributed by atoms with van der Waals surface area (Å²) in [4.78, 5) is 45.1. The quantitative estimate of drug-likeness (QED) is 0.355. The Morgan fingerprint density at radius 1 is 1.11 bits per heavy atom. The highest BCUT2D eigenvalue weighted by Gasteiger charge is 2.73. The average Bonchev–Trinajstić information content (AvgIpc) is 3.19. The van der Waals surface area contributed by atoms with Crippen molar-refractivity contribution < 1.29 is 24.2 Å². The van der Waals surface area contributed by atoms with Crippen LogP contribution in [0.2, 0.25) is 5.02 Å². The number of fused-ring (bicyclic) bond motifs is 2. The van der Waals surface area contributed by atoms with Crippen molar-refractivity contribution in [2.24, 2.45) is 11.8 Å². The van der Waals surface area contributed by atoms with E-state index in [0.29, 0.717) is 43.2 Å². The fourth-order valence-corrected chi connectivity index (χ4v) is 8.55. The molecule has 0 radical (unpaired) electrons. The van der Waals surface area contributed by atoms with E-state index in [-0.39, 0.29) is 24.4 Å². The van der Waals surface area contributed by atoms with Gasteiger partial charge < -0.3 is 19.6 Å². The summed E-state index contributed by atoms with van der Waals surface area (Å²) in [5.41, 5.74) is 0.591. The lowest BCUT2D eigenvalue weighted by Gasteiger charge is -2.37. The minimum atomic E-state index is -0.925. The zero-order valence-electron chi connectivity index (χ0n) is 20.3. The Morgan fingerprint density at radius 3 is 2.69 bits per heavy atom. The predicted molar refractivity (Wildman–Crippen MR) is 140 cm³/mol. The first-order chi connectivity index (χ1) is 17.3. The number of unbranched alkanes of at least 4 members (excludes halogenated alkanes) is 1. The van der Waals surface area contributed by atoms with E-state index in [0.717, 1.165) is 12.8 Å². The van der Waals surface area contributed by atoms with E-state index in [2.05, 4.69) is 6.08 Å². The number of esters is 1. The number of thioether (sulfide) groups is 1. The number of carbonyl (C=O) groups excluding carboxylic acids is 3. The molecule has 4 aliphatic heterocycles. The summed E-state index contributed by atoms with van der Waals surface area (Å²) in [5.74, 6) is -2.24. The highest BCUT2D eigenvalue weighted by molar-refractivity contribution is 8.02. The van der Waals surface area contributed by atoms with Gasteiger partial charge in [-0.15, -0.1) is 11.8 Å². The van der Waals surface area contributed by atoms with Crippen LogP contribution in [0.3, 0.4) is 0 Å². The molecule has 1 unspecified atom stereocenters. The Balaban J connectivity index is 1.63. The van der Waals surface area contributed by atoms with Crippen molar-refractivity contribution >= 4 is 46.8 Å². The molecule has 7 nitrogen and oxygen atoms in total. The summed E-state index contributed by atoms with van der Waals surface area (Å²) in [5, 5.41) is 9.80. The van der Waals surface area contributed by atoms with Crippen molar-refractivity contribution in [3.05, 3.63) is 53.6 Å². The molecule has 1 aromatic carbocycles. The lowest BCUT2D eigenvalue weighted by Crippen LogP contribution is -2.53. The number of benzene rings is 1. The molecular formula is C27H31ClN2O5S. The van der Waals surface area contributed by atoms with Crippen molar-refractivity contribution in [2.45, 2.75) is 48.1 Å². The number of cyclic esters (lactones) is 1. The van der Waals surface area contributed by atoms with Gasteiger partial charge in [0.25, 0.3) is 5.91 Å². The minimum absolute atomic E-state index is 0.00737. The number of amides is 2. The Labute approximate surface area is 220 Å². The van der Waals surface area contributed by atoms with Gasteiger partial charge in [0.15, 0.2) is 0 Å². The molecule has 0 bridgehead atoms. The molecule has 4 aliphatic rings. The number of nitrogens with zero attached hydrogens (tertiary/aromatic N) is 2. The second-order valence-corrected chi connectivity index (χ2v) is 12.2. The van der Waals surface area contributed by atoms with E-state index in [4.69, 9.17) is 16.3 Å². The summed E-state index contributed by atoms with van der Waals surface area (Å²) in [6.07, 6.45) is 10.6. The largest absolute Gasteiger partial charge is 0.465 e. The minimum Gasteiger partial charge on any atom is -0.465 e. The van der Waals surface area contributed by atoms with E-state index in [1.54, 1.807) is 21.9 Å². The third-order valence-electron chi connectivity index (χ3n) is 7.70. The van der Waals surface area contributed by atoms with Crippen LogP contribution < -0.4 is 4.90 Å². The first kappa shape index (κ1) is 25.4. The molecule has 2 fully saturated rings. The lowest BCUT2D eigenvalue weighted by molar-refractivity contribution is -0.154. The van der Waals surface area contributed by atoms with Crippen LogP contribution in [-0.2, 0) is 19.1 Å². The van der Waals surface area contributed by atoms with Gasteiger partial charge in [-0.3, -0.25) is 14.4 Å². The van der Waals surface area contributed by atoms with Gasteiger partial charge >= 0.3 is 5.97 Å². The molecule has 2 saturated heterocycles. The Morgan fingerprint density at radius 2 is 1.92 bits per heavy atom. The summed E-state index contributed by atoms with van der Waals surface area (Å²) >= 11 is 8.02. The summed E-state index contributed by atoms with van der Waals surface area (Å²) in [6, 6.07) is 6.38. The van der Waals surface area contributed by atoms with Crippen LogP contribution >= 0.6 is 23.4 Å². The van der Waals surface area contributed by atoms with Crippen LogP contribution in [0.1, 0.15) is 32.6 Å². The summed E-state index contributed by atoms with van der Waals surface area (Å²) in [6.45, 7) is 2.94. The second-order valence-electron chi connectivity index (χ2n) is 9.97. The van der Waals surface area contributed by atoms with Gasteiger partial charge in [-0.1, -0.05) is 48.0 Å². The van der Waals surface area contributed by atoms with E-state index < -0.39 is 27.4 Å². The zero-order valence-corrected chi connectivity index (χ0v) is 21.8. The van der Waals surface area contributed by atoms with E-state index in [1.807, 2.05) is 37.3 Å². The first-order valence-electron chi connectivity index (χ1n) is 12.5. The molecule has 5 atom stereocenters. The SMILES string of the molecule is C[C@]12/C=C\CCCOC(=O)[C@H]1[C@H]1C(=O)N(CCCCO)C3C(=O)N(c4ccccc4Cl)CC=C[C@@]31S2. The van der Waals surface area contributed by atoms with Crippen molar-refractivity contribution in [1.82, 2.24) is 4.90 Å². The van der Waals surface area contributed by atoms with E-state index in [9.17, 15) is 19.5 Å². The van der Waals surface area contributed by atoms with Gasteiger partial charge in [0.05, 0.1) is 33.9 Å². The molecule has 1 aromatic rings. The molecule has 1 spiro atoms. The maximum Gasteiger partial charge on any atom is 0.311 e. The van der Waals surface area contributed by atoms with Gasteiger partial charge in [-0.05, 0) is 44.7 Å². The number of rotatable bonds is 5. The fraction of sp³-hybridized carbons (Fsp3) is 0.519. The van der Waals surface area contributed by atoms with Crippen LogP contribution in [0.15, 0.2) is 48.6 Å². The van der Waals surface area contributed by atoms with E-state index >= 15 is 0 Å². The number of hydrogen-bond donors (Lipinski definition) is 1. The molecule has 0 saturated carbocycles. The van der Waals surface area contributed by atoms with Crippen molar-refractivity contribution in [3.8, 4) is 0 Å². The number of ether oxygens (including phenoxy) is 1. The molecule has 36 heavy (non-hydrogen) atoms. The number of allylic oxidation sites excluding steroid dienone is 1. The summed E-state index contributed by atoms with van der Waals surface area (Å²) in [7, 11) is 0. The normalized spacial score (nSPS) is 34.8. The maximum atomic E-state index is 14.3. The van der Waals surface area contributed by atoms with Gasteiger partial charge in [-0.25, -0.2) is 0 Å². The molecular weight excluding hydrogens is 500 g/mol. The summed E-state index contributed by atoms with van der Waals surface area (Å²) < 4.78 is 4.02. The molecule has 4 heterocycles. The zero-order chi connectivity index (χ0) is 25.5. The Hall–Kier alpha value is -2.29. The highest BCUT2D eigenvalue weighted by atomic mass is 35.5. The average molecular weight is 531 g/mol. The number of halogens is 1. The number of para-hydroxylation sites is 1. The standard InChI is InChI=1S/C27H31ClN2O5S/c1-26-12-5-2-8-17-35-25(34)21(26)20-23(32)30(14-6-7-16-31)22-24(33)29(15-9-13-27(20,22)36-26)19-11-4-3-10-18(19)28/h3-5,9-13,20-22,31H,2,6-8,14-17H2,1H3/b12-5-/t20-,21+,22?,26-,27-/m0/s1. The molecule has 0 aliphatic carbocycles. The first-order valence-corrected chi connectivity index (χ1v) is 13.7. The third kappa shape index (κ3) is 3.98. The number of hydrogen-bond acceptors (Lipinski definition) is 6. The molecule has 9 heteroatoms. The van der Waals surface area contributed by atoms with Crippen LogP contribution in [0, 0.1) is 11.8 Å². The third-order valence-corrected chi connectivity index (χ3v) is 9.82. The van der Waals surface area contributed by atoms with Crippen LogP contribution in [0.4, 0.5) is 5.69 Å². The monoisotopic (exact) mass is 530 g/mol.